The predicted molar refractivity (Wildman–Crippen MR) is 110 cm³/mol. The summed E-state index contributed by atoms with van der Waals surface area (Å²) in [6.45, 7) is 2.45. The number of hydrogen-bond acceptors (Lipinski definition) is 5. The topological polar surface area (TPSA) is 76.1 Å². The van der Waals surface area contributed by atoms with E-state index in [2.05, 4.69) is 20.6 Å². The summed E-state index contributed by atoms with van der Waals surface area (Å²) in [7, 11) is 1.62. The van der Waals surface area contributed by atoms with Gasteiger partial charge < -0.3 is 15.4 Å². The normalized spacial score (nSPS) is 10.4. The van der Waals surface area contributed by atoms with Gasteiger partial charge in [0.1, 0.15) is 28.9 Å². The first-order chi connectivity index (χ1) is 14.0. The van der Waals surface area contributed by atoms with Crippen LogP contribution in [0.15, 0.2) is 54.6 Å². The van der Waals surface area contributed by atoms with Crippen LogP contribution in [0.3, 0.4) is 0 Å². The van der Waals surface area contributed by atoms with Crippen LogP contribution in [0.4, 0.5) is 10.2 Å². The zero-order valence-corrected chi connectivity index (χ0v) is 16.4. The van der Waals surface area contributed by atoms with Crippen LogP contribution in [0.25, 0.3) is 0 Å². The van der Waals surface area contributed by atoms with Crippen molar-refractivity contribution in [3.63, 3.8) is 0 Å². The van der Waals surface area contributed by atoms with E-state index in [1.54, 1.807) is 38.3 Å². The molecule has 29 heavy (non-hydrogen) atoms. The monoisotopic (exact) mass is 394 g/mol. The summed E-state index contributed by atoms with van der Waals surface area (Å²) in [6, 6.07) is 15.8. The summed E-state index contributed by atoms with van der Waals surface area (Å²) in [5.74, 6) is 1.16. The van der Waals surface area contributed by atoms with Crippen LogP contribution >= 0.6 is 0 Å². The molecule has 3 aromatic rings. The molecule has 0 saturated heterocycles. The van der Waals surface area contributed by atoms with Gasteiger partial charge in [-0.3, -0.25) is 4.79 Å². The van der Waals surface area contributed by atoms with E-state index in [-0.39, 0.29) is 24.0 Å². The number of rotatable bonds is 8. The molecule has 0 spiro atoms. The lowest BCUT2D eigenvalue weighted by molar-refractivity contribution is 0.0949. The maximum absolute atomic E-state index is 13.8. The Morgan fingerprint density at radius 2 is 1.86 bits per heavy atom. The van der Waals surface area contributed by atoms with Gasteiger partial charge in [-0.2, -0.15) is 0 Å². The summed E-state index contributed by atoms with van der Waals surface area (Å²) in [5, 5.41) is 5.91. The van der Waals surface area contributed by atoms with Crippen LogP contribution in [0.5, 0.6) is 5.75 Å². The minimum absolute atomic E-state index is 0.266. The molecule has 1 heterocycles. The van der Waals surface area contributed by atoms with Crippen LogP contribution in [-0.4, -0.2) is 29.5 Å². The molecular formula is C22H23FN4O2. The number of aryl methyl sites for hydroxylation is 1. The molecule has 0 unspecified atom stereocenters. The fraction of sp³-hybridized carbons (Fsp3) is 0.227. The van der Waals surface area contributed by atoms with Gasteiger partial charge in [0.25, 0.3) is 5.91 Å². The van der Waals surface area contributed by atoms with Crippen molar-refractivity contribution in [2.75, 3.05) is 19.0 Å². The lowest BCUT2D eigenvalue weighted by Gasteiger charge is -2.10. The van der Waals surface area contributed by atoms with Gasteiger partial charge in [-0.05, 0) is 37.1 Å². The van der Waals surface area contributed by atoms with Crippen LogP contribution < -0.4 is 15.4 Å². The number of hydrogen-bond donors (Lipinski definition) is 2. The van der Waals surface area contributed by atoms with E-state index in [0.717, 1.165) is 11.3 Å². The highest BCUT2D eigenvalue weighted by Gasteiger charge is 2.11. The minimum atomic E-state index is -0.290. The maximum Gasteiger partial charge on any atom is 0.270 e. The first-order valence-electron chi connectivity index (χ1n) is 9.29. The molecule has 1 amide bonds. The Labute approximate surface area is 169 Å². The standard InChI is InChI=1S/C22H23FN4O2/c1-15-26-20(13-21(27-15)25-14-17-5-3-4-6-19(17)23)22(28)24-12-11-16-7-9-18(29-2)10-8-16/h3-10,13H,11-12,14H2,1-2H3,(H,24,28)(H,25,26,27). The number of methoxy groups -OCH3 is 1. The fourth-order valence-electron chi connectivity index (χ4n) is 2.81. The highest BCUT2D eigenvalue weighted by Crippen LogP contribution is 2.13. The van der Waals surface area contributed by atoms with Crippen molar-refractivity contribution in [3.8, 4) is 5.75 Å². The van der Waals surface area contributed by atoms with Crippen LogP contribution in [0.1, 0.15) is 27.4 Å². The van der Waals surface area contributed by atoms with Crippen molar-refractivity contribution >= 4 is 11.7 Å². The van der Waals surface area contributed by atoms with Gasteiger partial charge in [0.2, 0.25) is 0 Å². The highest BCUT2D eigenvalue weighted by atomic mass is 19.1. The zero-order valence-electron chi connectivity index (χ0n) is 16.4. The number of carbonyl (C=O) groups is 1. The van der Waals surface area contributed by atoms with E-state index in [9.17, 15) is 9.18 Å². The average Bonchev–Trinajstić information content (AvgIpc) is 2.73. The summed E-state index contributed by atoms with van der Waals surface area (Å²) in [6.07, 6.45) is 0.693. The molecule has 150 valence electrons. The molecule has 0 atom stereocenters. The predicted octanol–water partition coefficient (Wildman–Crippen LogP) is 3.52. The van der Waals surface area contributed by atoms with E-state index in [0.29, 0.717) is 30.2 Å². The summed E-state index contributed by atoms with van der Waals surface area (Å²) >= 11 is 0. The van der Waals surface area contributed by atoms with Gasteiger partial charge in [-0.1, -0.05) is 30.3 Å². The van der Waals surface area contributed by atoms with Gasteiger partial charge in [0, 0.05) is 24.7 Å². The maximum atomic E-state index is 13.8. The van der Waals surface area contributed by atoms with E-state index < -0.39 is 0 Å². The number of carbonyl (C=O) groups excluding carboxylic acids is 1. The van der Waals surface area contributed by atoms with Crippen LogP contribution in [-0.2, 0) is 13.0 Å². The molecule has 0 radical (unpaired) electrons. The van der Waals surface area contributed by atoms with Crippen molar-refractivity contribution in [2.24, 2.45) is 0 Å². The molecule has 7 heteroatoms. The number of nitrogens with one attached hydrogen (secondary N) is 2. The lowest BCUT2D eigenvalue weighted by atomic mass is 10.1. The van der Waals surface area contributed by atoms with Gasteiger partial charge in [-0.15, -0.1) is 0 Å². The molecule has 0 aliphatic heterocycles. The molecule has 3 rings (SSSR count). The average molecular weight is 394 g/mol. The van der Waals surface area contributed by atoms with E-state index in [1.807, 2.05) is 24.3 Å². The first kappa shape index (κ1) is 20.3. The Morgan fingerprint density at radius 3 is 2.59 bits per heavy atom. The number of halogens is 1. The van der Waals surface area contributed by atoms with Gasteiger partial charge >= 0.3 is 0 Å². The van der Waals surface area contributed by atoms with Crippen molar-refractivity contribution in [2.45, 2.75) is 19.9 Å². The molecule has 1 aromatic heterocycles. The number of nitrogens with zero attached hydrogens (tertiary/aromatic N) is 2. The molecule has 6 nitrogen and oxygen atoms in total. The number of ether oxygens (including phenoxy) is 1. The lowest BCUT2D eigenvalue weighted by Crippen LogP contribution is -2.27. The minimum Gasteiger partial charge on any atom is -0.497 e. The van der Waals surface area contributed by atoms with E-state index >= 15 is 0 Å². The number of amides is 1. The Balaban J connectivity index is 1.57. The van der Waals surface area contributed by atoms with Crippen molar-refractivity contribution in [1.82, 2.24) is 15.3 Å². The van der Waals surface area contributed by atoms with E-state index in [4.69, 9.17) is 4.74 Å². The van der Waals surface area contributed by atoms with Gasteiger partial charge in [0.15, 0.2) is 0 Å². The Morgan fingerprint density at radius 1 is 1.10 bits per heavy atom. The largest absolute Gasteiger partial charge is 0.497 e. The number of benzene rings is 2. The Hall–Kier alpha value is -3.48. The quantitative estimate of drug-likeness (QED) is 0.611. The summed E-state index contributed by atoms with van der Waals surface area (Å²) in [4.78, 5) is 20.9. The van der Waals surface area contributed by atoms with Gasteiger partial charge in [-0.25, -0.2) is 14.4 Å². The zero-order chi connectivity index (χ0) is 20.6. The highest BCUT2D eigenvalue weighted by molar-refractivity contribution is 5.92. The molecule has 0 aliphatic rings. The van der Waals surface area contributed by atoms with Crippen molar-refractivity contribution < 1.29 is 13.9 Å². The third kappa shape index (κ3) is 5.75. The molecular weight excluding hydrogens is 371 g/mol. The smallest absolute Gasteiger partial charge is 0.270 e. The third-order valence-electron chi connectivity index (χ3n) is 4.35. The van der Waals surface area contributed by atoms with E-state index in [1.165, 1.54) is 6.07 Å². The molecule has 2 N–H and O–H groups in total. The number of anilines is 1. The molecule has 2 aromatic carbocycles. The second kappa shape index (κ2) is 9.64. The Bertz CT molecular complexity index is 977. The third-order valence-corrected chi connectivity index (χ3v) is 4.35. The number of aromatic nitrogens is 2. The first-order valence-corrected chi connectivity index (χ1v) is 9.29. The fourth-order valence-corrected chi connectivity index (χ4v) is 2.81. The molecule has 0 aliphatic carbocycles. The van der Waals surface area contributed by atoms with Gasteiger partial charge in [0.05, 0.1) is 7.11 Å². The molecule has 0 bridgehead atoms. The Kier molecular flexibility index (Phi) is 6.73. The SMILES string of the molecule is COc1ccc(CCNC(=O)c2cc(NCc3ccccc3F)nc(C)n2)cc1. The summed E-state index contributed by atoms with van der Waals surface area (Å²) in [5.41, 5.74) is 1.88. The van der Waals surface area contributed by atoms with Crippen molar-refractivity contribution in [1.29, 1.82) is 0 Å². The second-order valence-electron chi connectivity index (χ2n) is 6.48. The molecule has 0 saturated carbocycles. The summed E-state index contributed by atoms with van der Waals surface area (Å²) < 4.78 is 18.9. The van der Waals surface area contributed by atoms with Crippen LogP contribution in [0.2, 0.25) is 0 Å². The molecule has 0 fully saturated rings. The van der Waals surface area contributed by atoms with Crippen LogP contribution in [0, 0.1) is 12.7 Å². The van der Waals surface area contributed by atoms with Crippen molar-refractivity contribution in [3.05, 3.63) is 83.1 Å². The second-order valence-corrected chi connectivity index (χ2v) is 6.48.